The van der Waals surface area contributed by atoms with Crippen molar-refractivity contribution in [1.29, 1.82) is 0 Å². The maximum Gasteiger partial charge on any atom is 0.449 e. The predicted molar refractivity (Wildman–Crippen MR) is 96.8 cm³/mol. The molecule has 0 saturated carbocycles. The second-order valence-electron chi connectivity index (χ2n) is 7.44. The Morgan fingerprint density at radius 3 is 2.48 bits per heavy atom. The third kappa shape index (κ3) is 4.23. The number of halogens is 4. The second-order valence-corrected chi connectivity index (χ2v) is 7.44. The van der Waals surface area contributed by atoms with Crippen molar-refractivity contribution in [3.63, 3.8) is 0 Å². The second kappa shape index (κ2) is 7.91. The van der Waals surface area contributed by atoms with Gasteiger partial charge >= 0.3 is 6.18 Å². The van der Waals surface area contributed by atoms with Crippen LogP contribution in [0.3, 0.4) is 0 Å². The zero-order valence-corrected chi connectivity index (χ0v) is 15.8. The van der Waals surface area contributed by atoms with Gasteiger partial charge in [0.05, 0.1) is 30.8 Å². The van der Waals surface area contributed by atoms with Crippen LogP contribution in [0, 0.1) is 5.82 Å². The molecule has 158 valence electrons. The third-order valence-corrected chi connectivity index (χ3v) is 5.55. The number of hydrogen-bond acceptors (Lipinski definition) is 4. The fourth-order valence-corrected chi connectivity index (χ4v) is 4.08. The van der Waals surface area contributed by atoms with Gasteiger partial charge in [0.2, 0.25) is 11.7 Å². The number of piperidine rings is 1. The first-order valence-corrected chi connectivity index (χ1v) is 9.65. The van der Waals surface area contributed by atoms with Crippen LogP contribution >= 0.6 is 0 Å². The van der Waals surface area contributed by atoms with Crippen molar-refractivity contribution < 1.29 is 27.1 Å². The Morgan fingerprint density at radius 2 is 1.83 bits per heavy atom. The number of imidazole rings is 1. The van der Waals surface area contributed by atoms with Crippen LogP contribution in [0.2, 0.25) is 0 Å². The number of amides is 1. The lowest BCUT2D eigenvalue weighted by Crippen LogP contribution is -2.47. The summed E-state index contributed by atoms with van der Waals surface area (Å²) in [5, 5.41) is 0. The summed E-state index contributed by atoms with van der Waals surface area (Å²) < 4.78 is 60.5. The van der Waals surface area contributed by atoms with Crippen molar-refractivity contribution in [2.75, 3.05) is 45.9 Å². The molecule has 29 heavy (non-hydrogen) atoms. The highest BCUT2D eigenvalue weighted by Gasteiger charge is 2.40. The average molecular weight is 414 g/mol. The van der Waals surface area contributed by atoms with E-state index in [1.54, 1.807) is 4.90 Å². The number of rotatable bonds is 3. The number of morpholine rings is 1. The Labute approximate surface area is 165 Å². The van der Waals surface area contributed by atoms with Crippen molar-refractivity contribution in [3.05, 3.63) is 29.8 Å². The smallest absolute Gasteiger partial charge is 0.378 e. The maximum atomic E-state index is 13.5. The molecule has 2 aliphatic rings. The highest BCUT2D eigenvalue weighted by Crippen LogP contribution is 2.36. The van der Waals surface area contributed by atoms with E-state index in [1.807, 2.05) is 4.90 Å². The van der Waals surface area contributed by atoms with Crippen molar-refractivity contribution in [2.45, 2.75) is 25.1 Å². The fraction of sp³-hybridized carbons (Fsp3) is 0.579. The molecular weight excluding hydrogens is 392 g/mol. The number of carbonyl (C=O) groups is 1. The zero-order chi connectivity index (χ0) is 20.6. The molecule has 0 atom stereocenters. The van der Waals surface area contributed by atoms with Crippen LogP contribution in [-0.2, 0) is 15.7 Å². The fourth-order valence-electron chi connectivity index (χ4n) is 4.08. The standard InChI is InChI=1S/C19H22F4N4O2/c20-13-1-2-16-15(11-13)24-18(19(21,22)23)27(16)14-3-5-25(6-4-14)12-17(28)26-7-9-29-10-8-26/h1-2,11,14H,3-10,12H2. The minimum Gasteiger partial charge on any atom is -0.378 e. The van der Waals surface area contributed by atoms with Gasteiger partial charge in [-0.15, -0.1) is 0 Å². The summed E-state index contributed by atoms with van der Waals surface area (Å²) in [6.07, 6.45) is -3.70. The number of likely N-dealkylation sites (tertiary alicyclic amines) is 1. The Balaban J connectivity index is 1.48. The largest absolute Gasteiger partial charge is 0.449 e. The molecule has 1 aromatic carbocycles. The highest BCUT2D eigenvalue weighted by atomic mass is 19.4. The number of fused-ring (bicyclic) bond motifs is 1. The summed E-state index contributed by atoms with van der Waals surface area (Å²) in [6, 6.07) is 3.12. The van der Waals surface area contributed by atoms with E-state index in [0.29, 0.717) is 52.2 Å². The lowest BCUT2D eigenvalue weighted by Gasteiger charge is -2.35. The Bertz CT molecular complexity index is 884. The first kappa shape index (κ1) is 20.1. The maximum absolute atomic E-state index is 13.5. The van der Waals surface area contributed by atoms with Crippen LogP contribution in [0.5, 0.6) is 0 Å². The molecule has 2 aromatic rings. The summed E-state index contributed by atoms with van der Waals surface area (Å²) in [6.45, 7) is 3.49. The molecule has 0 bridgehead atoms. The number of ether oxygens (including phenoxy) is 1. The van der Waals surface area contributed by atoms with Crippen molar-refractivity contribution in [1.82, 2.24) is 19.4 Å². The van der Waals surface area contributed by atoms with Gasteiger partial charge in [-0.25, -0.2) is 9.37 Å². The molecule has 0 unspecified atom stereocenters. The summed E-state index contributed by atoms with van der Waals surface area (Å²) >= 11 is 0. The van der Waals surface area contributed by atoms with Gasteiger partial charge in [0.1, 0.15) is 5.82 Å². The first-order chi connectivity index (χ1) is 13.8. The Morgan fingerprint density at radius 1 is 1.14 bits per heavy atom. The molecule has 0 radical (unpaired) electrons. The van der Waals surface area contributed by atoms with Gasteiger partial charge in [-0.2, -0.15) is 13.2 Å². The number of hydrogen-bond donors (Lipinski definition) is 0. The normalized spacial score (nSPS) is 19.8. The summed E-state index contributed by atoms with van der Waals surface area (Å²) in [5.74, 6) is -1.60. The number of alkyl halides is 3. The highest BCUT2D eigenvalue weighted by molar-refractivity contribution is 5.78. The van der Waals surface area contributed by atoms with E-state index in [0.717, 1.165) is 12.1 Å². The van der Waals surface area contributed by atoms with E-state index >= 15 is 0 Å². The number of aromatic nitrogens is 2. The molecule has 10 heteroatoms. The molecule has 2 saturated heterocycles. The molecular formula is C19H22F4N4O2. The molecule has 6 nitrogen and oxygen atoms in total. The molecule has 0 N–H and O–H groups in total. The molecule has 1 amide bonds. The third-order valence-electron chi connectivity index (χ3n) is 5.55. The van der Waals surface area contributed by atoms with E-state index in [1.165, 1.54) is 10.6 Å². The number of carbonyl (C=O) groups excluding carboxylic acids is 1. The number of benzene rings is 1. The molecule has 2 aliphatic heterocycles. The molecule has 0 aliphatic carbocycles. The van der Waals surface area contributed by atoms with Crippen LogP contribution in [0.1, 0.15) is 24.7 Å². The van der Waals surface area contributed by atoms with Gasteiger partial charge in [0.25, 0.3) is 0 Å². The lowest BCUT2D eigenvalue weighted by molar-refractivity contribution is -0.147. The lowest BCUT2D eigenvalue weighted by atomic mass is 10.0. The average Bonchev–Trinajstić information content (AvgIpc) is 3.08. The van der Waals surface area contributed by atoms with Crippen LogP contribution in [0.4, 0.5) is 17.6 Å². The Kier molecular flexibility index (Phi) is 5.48. The van der Waals surface area contributed by atoms with E-state index < -0.39 is 23.9 Å². The SMILES string of the molecule is O=C(CN1CCC(n2c(C(F)(F)F)nc3cc(F)ccc32)CC1)N1CCOCC1. The van der Waals surface area contributed by atoms with E-state index in [-0.39, 0.29) is 23.5 Å². The minimum absolute atomic E-state index is 0.00208. The van der Waals surface area contributed by atoms with Gasteiger partial charge in [0, 0.05) is 38.3 Å². The molecule has 0 spiro atoms. The molecule has 2 fully saturated rings. The van der Waals surface area contributed by atoms with Crippen LogP contribution in [0.15, 0.2) is 18.2 Å². The number of nitrogens with zero attached hydrogens (tertiary/aromatic N) is 4. The van der Waals surface area contributed by atoms with Crippen molar-refractivity contribution in [2.24, 2.45) is 0 Å². The van der Waals surface area contributed by atoms with Crippen molar-refractivity contribution in [3.8, 4) is 0 Å². The summed E-state index contributed by atoms with van der Waals surface area (Å²) in [4.78, 5) is 19.8. The molecule has 1 aromatic heterocycles. The van der Waals surface area contributed by atoms with Gasteiger partial charge in [-0.1, -0.05) is 0 Å². The minimum atomic E-state index is -4.63. The van der Waals surface area contributed by atoms with E-state index in [2.05, 4.69) is 4.98 Å². The summed E-state index contributed by atoms with van der Waals surface area (Å²) in [7, 11) is 0. The van der Waals surface area contributed by atoms with E-state index in [9.17, 15) is 22.4 Å². The topological polar surface area (TPSA) is 50.6 Å². The summed E-state index contributed by atoms with van der Waals surface area (Å²) in [5.41, 5.74) is 0.281. The quantitative estimate of drug-likeness (QED) is 0.725. The van der Waals surface area contributed by atoms with Crippen LogP contribution in [-0.4, -0.2) is 71.2 Å². The molecule has 4 rings (SSSR count). The van der Waals surface area contributed by atoms with Crippen molar-refractivity contribution >= 4 is 16.9 Å². The first-order valence-electron chi connectivity index (χ1n) is 9.65. The van der Waals surface area contributed by atoms with Gasteiger partial charge < -0.3 is 14.2 Å². The van der Waals surface area contributed by atoms with Gasteiger partial charge in [0.15, 0.2) is 0 Å². The monoisotopic (exact) mass is 414 g/mol. The van der Waals surface area contributed by atoms with Crippen LogP contribution in [0.25, 0.3) is 11.0 Å². The predicted octanol–water partition coefficient (Wildman–Crippen LogP) is 2.69. The van der Waals surface area contributed by atoms with E-state index in [4.69, 9.17) is 4.74 Å². The van der Waals surface area contributed by atoms with Crippen LogP contribution < -0.4 is 0 Å². The zero-order valence-electron chi connectivity index (χ0n) is 15.8. The molecule has 3 heterocycles. The van der Waals surface area contributed by atoms with Gasteiger partial charge in [-0.3, -0.25) is 9.69 Å². The van der Waals surface area contributed by atoms with Gasteiger partial charge in [-0.05, 0) is 25.0 Å². The Hall–Kier alpha value is -2.20.